The van der Waals surface area contributed by atoms with Crippen LogP contribution in [0.5, 0.6) is 23.3 Å². The first-order valence-electron chi connectivity index (χ1n) is 11.0. The summed E-state index contributed by atoms with van der Waals surface area (Å²) in [6.07, 6.45) is 3.90. The number of benzene rings is 1. The minimum absolute atomic E-state index is 0.0274. The molecule has 3 aromatic rings. The topological polar surface area (TPSA) is 123 Å². The minimum Gasteiger partial charge on any atom is -0.481 e. The fourth-order valence-corrected chi connectivity index (χ4v) is 4.91. The molecule has 1 fully saturated rings. The standard InChI is InChI=1S/C24H24ClFN4O5S/c1-13(2)34-24-19(25)9-14(12-29-24)35-21-11-20(26)18(22(31)30-36(27,32)15-6-7-15)10-17(21)16-5-4-8-28-23(16)33-3/h4-5,8-13,15H,6-7H2,1-3H3,(H2,27,30,31,32). The van der Waals surface area contributed by atoms with Crippen molar-refractivity contribution in [2.24, 2.45) is 0 Å². The highest BCUT2D eigenvalue weighted by Crippen LogP contribution is 2.40. The number of nitrogens with zero attached hydrogens (tertiary/aromatic N) is 2. The minimum atomic E-state index is -3.39. The van der Waals surface area contributed by atoms with Crippen molar-refractivity contribution in [3.05, 3.63) is 59.1 Å². The average molecular weight is 535 g/mol. The van der Waals surface area contributed by atoms with Crippen molar-refractivity contribution in [1.82, 2.24) is 14.7 Å². The molecule has 1 atom stereocenters. The van der Waals surface area contributed by atoms with Gasteiger partial charge in [0, 0.05) is 29.5 Å². The van der Waals surface area contributed by atoms with Crippen molar-refractivity contribution in [3.63, 3.8) is 0 Å². The maximum Gasteiger partial charge on any atom is 0.266 e. The Morgan fingerprint density at radius 3 is 2.61 bits per heavy atom. The highest BCUT2D eigenvalue weighted by atomic mass is 35.5. The van der Waals surface area contributed by atoms with Gasteiger partial charge in [0.25, 0.3) is 5.91 Å². The smallest absolute Gasteiger partial charge is 0.266 e. The van der Waals surface area contributed by atoms with Crippen LogP contribution in [0.15, 0.2) is 42.7 Å². The molecule has 2 aromatic heterocycles. The van der Waals surface area contributed by atoms with Gasteiger partial charge in [0.2, 0.25) is 11.8 Å². The summed E-state index contributed by atoms with van der Waals surface area (Å²) in [5.41, 5.74) is 0.283. The third kappa shape index (κ3) is 5.68. The summed E-state index contributed by atoms with van der Waals surface area (Å²) in [5, 5.41) is -0.228. The fraction of sp³-hybridized carbons (Fsp3) is 0.292. The van der Waals surface area contributed by atoms with Gasteiger partial charge in [-0.05, 0) is 44.9 Å². The van der Waals surface area contributed by atoms with Crippen LogP contribution in [0, 0.1) is 10.6 Å². The van der Waals surface area contributed by atoms with Crippen LogP contribution in [0.1, 0.15) is 37.0 Å². The molecule has 2 heterocycles. The molecule has 4 rings (SSSR count). The molecule has 2 N–H and O–H groups in total. The molecule has 1 aromatic carbocycles. The number of halogens is 2. The number of rotatable bonds is 9. The second-order valence-electron chi connectivity index (χ2n) is 8.35. The number of ether oxygens (including phenoxy) is 3. The van der Waals surface area contributed by atoms with E-state index in [-0.39, 0.29) is 39.9 Å². The van der Waals surface area contributed by atoms with E-state index in [1.54, 1.807) is 12.1 Å². The number of hydrogen-bond donors (Lipinski definition) is 2. The molecule has 1 saturated carbocycles. The van der Waals surface area contributed by atoms with E-state index in [1.165, 1.54) is 31.6 Å². The van der Waals surface area contributed by atoms with E-state index >= 15 is 4.39 Å². The molecule has 0 spiro atoms. The van der Waals surface area contributed by atoms with Gasteiger partial charge in [0.05, 0.1) is 30.2 Å². The van der Waals surface area contributed by atoms with Gasteiger partial charge >= 0.3 is 0 Å². The molecule has 1 unspecified atom stereocenters. The molecule has 9 nitrogen and oxygen atoms in total. The normalized spacial score (nSPS) is 14.7. The van der Waals surface area contributed by atoms with Gasteiger partial charge in [0.15, 0.2) is 0 Å². The average Bonchev–Trinajstić information content (AvgIpc) is 3.67. The van der Waals surface area contributed by atoms with Gasteiger partial charge < -0.3 is 14.2 Å². The van der Waals surface area contributed by atoms with Gasteiger partial charge in [0.1, 0.15) is 32.3 Å². The molecule has 1 aliphatic rings. The maximum absolute atomic E-state index is 15.2. The van der Waals surface area contributed by atoms with E-state index in [9.17, 15) is 9.00 Å². The van der Waals surface area contributed by atoms with Gasteiger partial charge in [-0.25, -0.2) is 23.3 Å². The second-order valence-corrected chi connectivity index (χ2v) is 10.8. The number of carbonyl (C=O) groups is 1. The number of methoxy groups -OCH3 is 1. The first kappa shape index (κ1) is 25.6. The Kier molecular flexibility index (Phi) is 7.32. The molecule has 0 radical (unpaired) electrons. The van der Waals surface area contributed by atoms with Crippen molar-refractivity contribution in [1.29, 1.82) is 4.78 Å². The number of pyridine rings is 2. The number of aromatic nitrogens is 2. The number of hydrogen-bond acceptors (Lipinski definition) is 8. The predicted octanol–water partition coefficient (Wildman–Crippen LogP) is 5.38. The van der Waals surface area contributed by atoms with Crippen LogP contribution in [0.25, 0.3) is 11.1 Å². The summed E-state index contributed by atoms with van der Waals surface area (Å²) in [6.45, 7) is 3.67. The molecule has 0 saturated heterocycles. The molecule has 0 aliphatic heterocycles. The van der Waals surface area contributed by atoms with E-state index < -0.39 is 32.5 Å². The van der Waals surface area contributed by atoms with Crippen LogP contribution in [-0.2, 0) is 9.92 Å². The second kappa shape index (κ2) is 10.3. The quantitative estimate of drug-likeness (QED) is 0.378. The van der Waals surface area contributed by atoms with Crippen molar-refractivity contribution in [2.45, 2.75) is 38.0 Å². The number of nitrogens with one attached hydrogen (secondary N) is 2. The van der Waals surface area contributed by atoms with Crippen LogP contribution >= 0.6 is 11.6 Å². The van der Waals surface area contributed by atoms with E-state index in [1.807, 2.05) is 13.8 Å². The molecule has 36 heavy (non-hydrogen) atoms. The summed E-state index contributed by atoms with van der Waals surface area (Å²) in [6, 6.07) is 7.04. The Labute approximate surface area is 213 Å². The lowest BCUT2D eigenvalue weighted by Crippen LogP contribution is -2.32. The van der Waals surface area contributed by atoms with Gasteiger partial charge in [-0.3, -0.25) is 9.52 Å². The lowest BCUT2D eigenvalue weighted by atomic mass is 10.0. The third-order valence-electron chi connectivity index (χ3n) is 5.16. The summed E-state index contributed by atoms with van der Waals surface area (Å²) in [5.74, 6) is -1.24. The van der Waals surface area contributed by atoms with Crippen molar-refractivity contribution < 1.29 is 27.6 Å². The molecule has 190 valence electrons. The fourth-order valence-electron chi connectivity index (χ4n) is 3.36. The van der Waals surface area contributed by atoms with Gasteiger partial charge in [-0.1, -0.05) is 11.6 Å². The molecule has 0 bridgehead atoms. The van der Waals surface area contributed by atoms with Crippen LogP contribution in [0.2, 0.25) is 5.02 Å². The molecule has 1 aliphatic carbocycles. The Hall–Kier alpha value is -3.44. The Morgan fingerprint density at radius 2 is 1.97 bits per heavy atom. The van der Waals surface area contributed by atoms with Crippen LogP contribution in [-0.4, -0.2) is 38.5 Å². The maximum atomic E-state index is 15.2. The number of amides is 1. The number of carbonyl (C=O) groups excluding carboxylic acids is 1. The highest BCUT2D eigenvalue weighted by Gasteiger charge is 2.34. The van der Waals surface area contributed by atoms with Crippen molar-refractivity contribution >= 4 is 27.4 Å². The first-order valence-corrected chi connectivity index (χ1v) is 13.0. The first-order chi connectivity index (χ1) is 17.1. The zero-order chi connectivity index (χ0) is 26.0. The molecule has 12 heteroatoms. The third-order valence-corrected chi connectivity index (χ3v) is 7.33. The largest absolute Gasteiger partial charge is 0.481 e. The SMILES string of the molecule is COc1ncccc1-c1cc(C(=O)NS(=N)(=O)C2CC2)c(F)cc1Oc1cnc(OC(C)C)c(Cl)c1. The Morgan fingerprint density at radius 1 is 1.22 bits per heavy atom. The Bertz CT molecular complexity index is 1410. The lowest BCUT2D eigenvalue weighted by Gasteiger charge is -2.17. The van der Waals surface area contributed by atoms with E-state index in [2.05, 4.69) is 14.7 Å². The lowest BCUT2D eigenvalue weighted by molar-refractivity contribution is 0.0978. The zero-order valence-electron chi connectivity index (χ0n) is 19.7. The summed E-state index contributed by atoms with van der Waals surface area (Å²) < 4.78 is 54.5. The zero-order valence-corrected chi connectivity index (χ0v) is 21.3. The van der Waals surface area contributed by atoms with Gasteiger partial charge in [-0.2, -0.15) is 0 Å². The van der Waals surface area contributed by atoms with Crippen LogP contribution in [0.4, 0.5) is 4.39 Å². The van der Waals surface area contributed by atoms with E-state index in [0.717, 1.165) is 6.07 Å². The highest BCUT2D eigenvalue weighted by molar-refractivity contribution is 7.92. The van der Waals surface area contributed by atoms with Crippen molar-refractivity contribution in [3.8, 4) is 34.4 Å². The molecular weight excluding hydrogens is 511 g/mol. The summed E-state index contributed by atoms with van der Waals surface area (Å²) in [4.78, 5) is 21.1. The summed E-state index contributed by atoms with van der Waals surface area (Å²) >= 11 is 6.26. The van der Waals surface area contributed by atoms with Crippen LogP contribution in [0.3, 0.4) is 0 Å². The Balaban J connectivity index is 1.76. The van der Waals surface area contributed by atoms with Gasteiger partial charge in [-0.15, -0.1) is 0 Å². The van der Waals surface area contributed by atoms with E-state index in [4.69, 9.17) is 30.6 Å². The predicted molar refractivity (Wildman–Crippen MR) is 133 cm³/mol. The summed E-state index contributed by atoms with van der Waals surface area (Å²) in [7, 11) is -1.96. The van der Waals surface area contributed by atoms with E-state index in [0.29, 0.717) is 18.4 Å². The monoisotopic (exact) mass is 534 g/mol. The van der Waals surface area contributed by atoms with Crippen molar-refractivity contribution in [2.75, 3.05) is 7.11 Å². The molecule has 1 amide bonds. The molecular formula is C24H24ClFN4O5S. The van der Waals surface area contributed by atoms with Crippen LogP contribution < -0.4 is 18.9 Å².